The fourth-order valence-corrected chi connectivity index (χ4v) is 1.88. The van der Waals surface area contributed by atoms with Gasteiger partial charge in [-0.1, -0.05) is 13.3 Å². The quantitative estimate of drug-likeness (QED) is 0.490. The fraction of sp³-hybridized carbons (Fsp3) is 0.545. The van der Waals surface area contributed by atoms with E-state index in [2.05, 4.69) is 5.32 Å². The molecule has 1 heterocycles. The Balaban J connectivity index is 2.64. The lowest BCUT2D eigenvalue weighted by molar-refractivity contribution is -0.384. The summed E-state index contributed by atoms with van der Waals surface area (Å²) in [6, 6.07) is 1.25. The molecule has 6 nitrogen and oxygen atoms in total. The van der Waals surface area contributed by atoms with Crippen molar-refractivity contribution in [3.05, 3.63) is 28.1 Å². The van der Waals surface area contributed by atoms with Crippen LogP contribution in [0.15, 0.2) is 12.3 Å². The van der Waals surface area contributed by atoms with E-state index in [-0.39, 0.29) is 22.7 Å². The molecule has 100 valence electrons. The summed E-state index contributed by atoms with van der Waals surface area (Å²) in [5.41, 5.74) is 0.153. The molecule has 1 unspecified atom stereocenters. The molecule has 0 aromatic carbocycles. The van der Waals surface area contributed by atoms with Gasteiger partial charge < -0.3 is 9.88 Å². The molecule has 0 aliphatic heterocycles. The van der Waals surface area contributed by atoms with Crippen LogP contribution in [-0.4, -0.2) is 27.3 Å². The first-order chi connectivity index (χ1) is 8.45. The summed E-state index contributed by atoms with van der Waals surface area (Å²) in [5, 5.41) is 13.1. The van der Waals surface area contributed by atoms with Gasteiger partial charge in [0, 0.05) is 19.7 Å². The van der Waals surface area contributed by atoms with Crippen LogP contribution in [-0.2, 0) is 7.05 Å². The van der Waals surface area contributed by atoms with E-state index < -0.39 is 4.92 Å². The lowest BCUT2D eigenvalue weighted by Crippen LogP contribution is -2.30. The van der Waals surface area contributed by atoms with E-state index in [1.54, 1.807) is 7.05 Å². The van der Waals surface area contributed by atoms with Crippen molar-refractivity contribution < 1.29 is 9.72 Å². The molecule has 18 heavy (non-hydrogen) atoms. The standard InChI is InChI=1S/C11H16ClN3O3/c1-3-4-8(12)6-13-11(16)10-5-9(15(17)18)7-14(10)2/h5,7-8H,3-4,6H2,1-2H3,(H,13,16). The topological polar surface area (TPSA) is 77.2 Å². The SMILES string of the molecule is CCCC(Cl)CNC(=O)c1cc([N+](=O)[O-])cn1C. The van der Waals surface area contributed by atoms with Gasteiger partial charge in [0.15, 0.2) is 0 Å². The van der Waals surface area contributed by atoms with Gasteiger partial charge in [-0.2, -0.15) is 0 Å². The summed E-state index contributed by atoms with van der Waals surface area (Å²) < 4.78 is 1.43. The van der Waals surface area contributed by atoms with Gasteiger partial charge in [-0.25, -0.2) is 0 Å². The van der Waals surface area contributed by atoms with Crippen LogP contribution in [0.2, 0.25) is 0 Å². The van der Waals surface area contributed by atoms with E-state index in [1.165, 1.54) is 16.8 Å². The average molecular weight is 274 g/mol. The van der Waals surface area contributed by atoms with Gasteiger partial charge in [0.25, 0.3) is 11.6 Å². The van der Waals surface area contributed by atoms with Crippen molar-refractivity contribution in [2.75, 3.05) is 6.54 Å². The third-order valence-electron chi connectivity index (χ3n) is 2.52. The number of amides is 1. The minimum atomic E-state index is -0.530. The molecule has 1 aromatic heterocycles. The van der Waals surface area contributed by atoms with Crippen molar-refractivity contribution >= 4 is 23.2 Å². The first-order valence-corrected chi connectivity index (χ1v) is 6.12. The van der Waals surface area contributed by atoms with Crippen molar-refractivity contribution in [3.63, 3.8) is 0 Å². The molecule has 0 aliphatic carbocycles. The van der Waals surface area contributed by atoms with Crippen LogP contribution in [0.4, 0.5) is 5.69 Å². The summed E-state index contributed by atoms with van der Waals surface area (Å²) in [4.78, 5) is 21.8. The lowest BCUT2D eigenvalue weighted by Gasteiger charge is -2.09. The Morgan fingerprint density at radius 2 is 2.33 bits per heavy atom. The van der Waals surface area contributed by atoms with Crippen molar-refractivity contribution in [2.24, 2.45) is 7.05 Å². The molecule has 0 saturated carbocycles. The summed E-state index contributed by atoms with van der Waals surface area (Å²) in [7, 11) is 1.59. The van der Waals surface area contributed by atoms with Crippen molar-refractivity contribution in [1.29, 1.82) is 0 Å². The molecule has 0 bridgehead atoms. The van der Waals surface area contributed by atoms with Gasteiger partial charge in [-0.3, -0.25) is 14.9 Å². The number of hydrogen-bond donors (Lipinski definition) is 1. The summed E-state index contributed by atoms with van der Waals surface area (Å²) in [6.07, 6.45) is 3.06. The molecular formula is C11H16ClN3O3. The van der Waals surface area contributed by atoms with Crippen LogP contribution < -0.4 is 5.32 Å². The largest absolute Gasteiger partial charge is 0.349 e. The molecule has 0 saturated heterocycles. The monoisotopic (exact) mass is 273 g/mol. The number of nitro groups is 1. The van der Waals surface area contributed by atoms with Gasteiger partial charge in [0.2, 0.25) is 0 Å². The Bertz CT molecular complexity index is 445. The predicted molar refractivity (Wildman–Crippen MR) is 68.9 cm³/mol. The van der Waals surface area contributed by atoms with E-state index in [4.69, 9.17) is 11.6 Å². The second kappa shape index (κ2) is 6.39. The minimum absolute atomic E-state index is 0.0985. The van der Waals surface area contributed by atoms with E-state index in [0.717, 1.165) is 12.8 Å². The average Bonchev–Trinajstić information content (AvgIpc) is 2.69. The number of nitrogens with zero attached hydrogens (tertiary/aromatic N) is 2. The Morgan fingerprint density at radius 3 is 2.83 bits per heavy atom. The molecular weight excluding hydrogens is 258 g/mol. The number of rotatable bonds is 6. The molecule has 1 aromatic rings. The maximum absolute atomic E-state index is 11.8. The van der Waals surface area contributed by atoms with Crippen molar-refractivity contribution in [1.82, 2.24) is 9.88 Å². The van der Waals surface area contributed by atoms with E-state index in [9.17, 15) is 14.9 Å². The molecule has 1 rings (SSSR count). The molecule has 1 atom stereocenters. The number of hydrogen-bond acceptors (Lipinski definition) is 3. The Hall–Kier alpha value is -1.56. The van der Waals surface area contributed by atoms with E-state index >= 15 is 0 Å². The highest BCUT2D eigenvalue weighted by Gasteiger charge is 2.17. The van der Waals surface area contributed by atoms with Crippen LogP contribution in [0.1, 0.15) is 30.3 Å². The second-order valence-electron chi connectivity index (χ2n) is 4.05. The molecule has 0 radical (unpaired) electrons. The molecule has 1 N–H and O–H groups in total. The number of halogens is 1. The summed E-state index contributed by atoms with van der Waals surface area (Å²) >= 11 is 5.98. The van der Waals surface area contributed by atoms with E-state index in [0.29, 0.717) is 6.54 Å². The second-order valence-corrected chi connectivity index (χ2v) is 4.66. The van der Waals surface area contributed by atoms with Gasteiger partial charge in [0.05, 0.1) is 16.5 Å². The fourth-order valence-electron chi connectivity index (χ4n) is 1.58. The van der Waals surface area contributed by atoms with Crippen LogP contribution in [0, 0.1) is 10.1 Å². The molecule has 7 heteroatoms. The maximum Gasteiger partial charge on any atom is 0.287 e. The smallest absolute Gasteiger partial charge is 0.287 e. The number of aromatic nitrogens is 1. The predicted octanol–water partition coefficient (Wildman–Crippen LogP) is 2.07. The third kappa shape index (κ3) is 3.73. The van der Waals surface area contributed by atoms with Gasteiger partial charge in [-0.15, -0.1) is 11.6 Å². The first kappa shape index (κ1) is 14.5. The van der Waals surface area contributed by atoms with Crippen molar-refractivity contribution in [2.45, 2.75) is 25.1 Å². The molecule has 1 amide bonds. The van der Waals surface area contributed by atoms with Crippen LogP contribution in [0.5, 0.6) is 0 Å². The zero-order valence-corrected chi connectivity index (χ0v) is 11.1. The van der Waals surface area contributed by atoms with Gasteiger partial charge in [-0.05, 0) is 6.42 Å². The zero-order valence-electron chi connectivity index (χ0n) is 10.4. The highest BCUT2D eigenvalue weighted by atomic mass is 35.5. The number of alkyl halides is 1. The van der Waals surface area contributed by atoms with Crippen LogP contribution >= 0.6 is 11.6 Å². The molecule has 0 spiro atoms. The number of carbonyl (C=O) groups is 1. The zero-order chi connectivity index (χ0) is 13.7. The Labute approximate surface area is 110 Å². The Kier molecular flexibility index (Phi) is 5.15. The molecule has 0 fully saturated rings. The van der Waals surface area contributed by atoms with Crippen molar-refractivity contribution in [3.8, 4) is 0 Å². The lowest BCUT2D eigenvalue weighted by atomic mass is 10.2. The maximum atomic E-state index is 11.8. The minimum Gasteiger partial charge on any atom is -0.349 e. The van der Waals surface area contributed by atoms with E-state index in [1.807, 2.05) is 6.92 Å². The molecule has 0 aliphatic rings. The van der Waals surface area contributed by atoms with Crippen LogP contribution in [0.3, 0.4) is 0 Å². The first-order valence-electron chi connectivity index (χ1n) is 5.68. The third-order valence-corrected chi connectivity index (χ3v) is 2.89. The van der Waals surface area contributed by atoms with Gasteiger partial charge >= 0.3 is 0 Å². The van der Waals surface area contributed by atoms with Gasteiger partial charge in [0.1, 0.15) is 5.69 Å². The number of carbonyl (C=O) groups excluding carboxylic acids is 1. The normalized spacial score (nSPS) is 12.2. The summed E-state index contributed by atoms with van der Waals surface area (Å²) in [5.74, 6) is -0.354. The Morgan fingerprint density at radius 1 is 1.67 bits per heavy atom. The van der Waals surface area contributed by atoms with Crippen LogP contribution in [0.25, 0.3) is 0 Å². The summed E-state index contributed by atoms with van der Waals surface area (Å²) in [6.45, 7) is 2.37. The highest BCUT2D eigenvalue weighted by molar-refractivity contribution is 6.20. The number of aryl methyl sites for hydroxylation is 1. The highest BCUT2D eigenvalue weighted by Crippen LogP contribution is 2.15. The number of nitrogens with one attached hydrogen (secondary N) is 1.